The highest BCUT2D eigenvalue weighted by Gasteiger charge is 2.32. The SMILES string of the molecule is CC1Cc2ncn(CC(=O)N3CCCCC3C(N)=O)c2CC1C. The van der Waals surface area contributed by atoms with Crippen LogP contribution in [0.4, 0.5) is 0 Å². The highest BCUT2D eigenvalue weighted by Crippen LogP contribution is 2.29. The number of carbonyl (C=O) groups excluding carboxylic acids is 2. The second-order valence-electron chi connectivity index (χ2n) is 7.13. The summed E-state index contributed by atoms with van der Waals surface area (Å²) in [6.07, 6.45) is 6.28. The third-order valence-electron chi connectivity index (χ3n) is 5.49. The van der Waals surface area contributed by atoms with E-state index < -0.39 is 11.9 Å². The molecule has 6 nitrogen and oxygen atoms in total. The van der Waals surface area contributed by atoms with Crippen LogP contribution in [0.3, 0.4) is 0 Å². The van der Waals surface area contributed by atoms with Gasteiger partial charge >= 0.3 is 0 Å². The standard InChI is InChI=1S/C17H26N4O2/c1-11-7-13-15(8-12(11)2)20(10-19-13)9-16(22)21-6-4-3-5-14(21)17(18)23/h10-12,14H,3-9H2,1-2H3,(H2,18,23). The third kappa shape index (κ3) is 3.12. The van der Waals surface area contributed by atoms with E-state index in [4.69, 9.17) is 5.73 Å². The van der Waals surface area contributed by atoms with Crippen LogP contribution in [0, 0.1) is 11.8 Å². The molecule has 1 aliphatic carbocycles. The Morgan fingerprint density at radius 3 is 2.74 bits per heavy atom. The van der Waals surface area contributed by atoms with Gasteiger partial charge in [-0.05, 0) is 43.9 Å². The number of amides is 2. The summed E-state index contributed by atoms with van der Waals surface area (Å²) in [6, 6.07) is -0.449. The molecule has 0 saturated carbocycles. The number of aromatic nitrogens is 2. The van der Waals surface area contributed by atoms with Gasteiger partial charge in [-0.2, -0.15) is 0 Å². The Hall–Kier alpha value is -1.85. The van der Waals surface area contributed by atoms with Gasteiger partial charge in [0.05, 0.1) is 12.0 Å². The van der Waals surface area contributed by atoms with Gasteiger partial charge in [0.2, 0.25) is 11.8 Å². The average molecular weight is 318 g/mol. The number of likely N-dealkylation sites (tertiary alicyclic amines) is 1. The minimum atomic E-state index is -0.449. The van der Waals surface area contributed by atoms with Crippen LogP contribution in [0.15, 0.2) is 6.33 Å². The fourth-order valence-electron chi connectivity index (χ4n) is 3.77. The number of nitrogens with two attached hydrogens (primary N) is 1. The molecule has 3 unspecified atom stereocenters. The van der Waals surface area contributed by atoms with Crippen molar-refractivity contribution in [1.29, 1.82) is 0 Å². The molecule has 126 valence electrons. The molecule has 2 aliphatic rings. The van der Waals surface area contributed by atoms with Crippen molar-refractivity contribution in [2.75, 3.05) is 6.54 Å². The van der Waals surface area contributed by atoms with Gasteiger partial charge in [0.15, 0.2) is 0 Å². The first kappa shape index (κ1) is 16.0. The zero-order valence-corrected chi connectivity index (χ0v) is 14.0. The summed E-state index contributed by atoms with van der Waals surface area (Å²) in [5, 5.41) is 0. The first-order chi connectivity index (χ1) is 11.0. The lowest BCUT2D eigenvalue weighted by molar-refractivity contribution is -0.141. The minimum Gasteiger partial charge on any atom is -0.368 e. The molecule has 23 heavy (non-hydrogen) atoms. The van der Waals surface area contributed by atoms with Crippen LogP contribution in [0.1, 0.15) is 44.5 Å². The predicted molar refractivity (Wildman–Crippen MR) is 86.5 cm³/mol. The van der Waals surface area contributed by atoms with E-state index >= 15 is 0 Å². The van der Waals surface area contributed by atoms with E-state index in [-0.39, 0.29) is 12.5 Å². The van der Waals surface area contributed by atoms with Crippen LogP contribution < -0.4 is 5.73 Å². The van der Waals surface area contributed by atoms with Gasteiger partial charge in [-0.3, -0.25) is 9.59 Å². The number of piperidine rings is 1. The van der Waals surface area contributed by atoms with E-state index in [9.17, 15) is 9.59 Å². The van der Waals surface area contributed by atoms with Crippen LogP contribution >= 0.6 is 0 Å². The van der Waals surface area contributed by atoms with Gasteiger partial charge in [-0.1, -0.05) is 13.8 Å². The maximum Gasteiger partial charge on any atom is 0.243 e. The van der Waals surface area contributed by atoms with Crippen molar-refractivity contribution in [3.05, 3.63) is 17.7 Å². The second-order valence-corrected chi connectivity index (χ2v) is 7.13. The number of carbonyl (C=O) groups is 2. The van der Waals surface area contributed by atoms with Crippen molar-refractivity contribution in [1.82, 2.24) is 14.5 Å². The molecule has 2 amide bonds. The summed E-state index contributed by atoms with van der Waals surface area (Å²) >= 11 is 0. The lowest BCUT2D eigenvalue weighted by atomic mass is 9.82. The van der Waals surface area contributed by atoms with Gasteiger partial charge in [0.1, 0.15) is 12.6 Å². The van der Waals surface area contributed by atoms with E-state index in [1.165, 1.54) is 5.69 Å². The van der Waals surface area contributed by atoms with Crippen LogP contribution in [0.2, 0.25) is 0 Å². The molecule has 1 aromatic rings. The Labute approximate surface area is 137 Å². The van der Waals surface area contributed by atoms with Crippen LogP contribution in [0.5, 0.6) is 0 Å². The van der Waals surface area contributed by atoms with Gasteiger partial charge in [-0.25, -0.2) is 4.98 Å². The summed E-state index contributed by atoms with van der Waals surface area (Å²) in [5.74, 6) is 0.803. The monoisotopic (exact) mass is 318 g/mol. The quantitative estimate of drug-likeness (QED) is 0.907. The summed E-state index contributed by atoms with van der Waals surface area (Å²) < 4.78 is 1.96. The lowest BCUT2D eigenvalue weighted by Crippen LogP contribution is -2.51. The highest BCUT2D eigenvalue weighted by atomic mass is 16.2. The van der Waals surface area contributed by atoms with Crippen molar-refractivity contribution >= 4 is 11.8 Å². The summed E-state index contributed by atoms with van der Waals surface area (Å²) in [6.45, 7) is 5.38. The van der Waals surface area contributed by atoms with Crippen molar-refractivity contribution in [2.45, 2.75) is 58.5 Å². The van der Waals surface area contributed by atoms with Crippen LogP contribution in [-0.4, -0.2) is 38.9 Å². The third-order valence-corrected chi connectivity index (χ3v) is 5.49. The normalized spacial score (nSPS) is 27.6. The zero-order valence-electron chi connectivity index (χ0n) is 14.0. The summed E-state index contributed by atoms with van der Waals surface area (Å²) in [5.41, 5.74) is 7.76. The first-order valence-electron chi connectivity index (χ1n) is 8.59. The number of nitrogens with zero attached hydrogens (tertiary/aromatic N) is 3. The number of rotatable bonds is 3. The Bertz CT molecular complexity index is 610. The number of imidazole rings is 1. The van der Waals surface area contributed by atoms with Crippen molar-refractivity contribution < 1.29 is 9.59 Å². The maximum absolute atomic E-state index is 12.7. The van der Waals surface area contributed by atoms with Crippen LogP contribution in [-0.2, 0) is 29.0 Å². The topological polar surface area (TPSA) is 81.2 Å². The average Bonchev–Trinajstić information content (AvgIpc) is 2.89. The fraction of sp³-hybridized carbons (Fsp3) is 0.706. The fourth-order valence-corrected chi connectivity index (χ4v) is 3.77. The zero-order chi connectivity index (χ0) is 16.6. The van der Waals surface area contributed by atoms with Gasteiger partial charge in [0.25, 0.3) is 0 Å². The largest absolute Gasteiger partial charge is 0.368 e. The number of fused-ring (bicyclic) bond motifs is 1. The van der Waals surface area contributed by atoms with Gasteiger partial charge in [0, 0.05) is 12.2 Å². The van der Waals surface area contributed by atoms with E-state index in [0.29, 0.717) is 24.8 Å². The second kappa shape index (κ2) is 6.34. The molecule has 1 saturated heterocycles. The maximum atomic E-state index is 12.7. The summed E-state index contributed by atoms with van der Waals surface area (Å²) in [4.78, 5) is 30.4. The molecule has 0 spiro atoms. The molecule has 3 rings (SSSR count). The van der Waals surface area contributed by atoms with Gasteiger partial charge < -0.3 is 15.2 Å². The highest BCUT2D eigenvalue weighted by molar-refractivity contribution is 5.86. The molecule has 0 bridgehead atoms. The van der Waals surface area contributed by atoms with Crippen molar-refractivity contribution in [2.24, 2.45) is 17.6 Å². The summed E-state index contributed by atoms with van der Waals surface area (Å²) in [7, 11) is 0. The Balaban J connectivity index is 1.75. The van der Waals surface area contributed by atoms with E-state index in [1.54, 1.807) is 11.2 Å². The first-order valence-corrected chi connectivity index (χ1v) is 8.59. The molecule has 0 aromatic carbocycles. The molecule has 0 radical (unpaired) electrons. The Kier molecular flexibility index (Phi) is 4.41. The lowest BCUT2D eigenvalue weighted by Gasteiger charge is -2.34. The molecule has 2 N–H and O–H groups in total. The van der Waals surface area contributed by atoms with E-state index in [2.05, 4.69) is 18.8 Å². The smallest absolute Gasteiger partial charge is 0.243 e. The van der Waals surface area contributed by atoms with E-state index in [1.807, 2.05) is 4.57 Å². The number of primary amides is 1. The Morgan fingerprint density at radius 1 is 1.26 bits per heavy atom. The molecule has 3 atom stereocenters. The van der Waals surface area contributed by atoms with Gasteiger partial charge in [-0.15, -0.1) is 0 Å². The number of hydrogen-bond acceptors (Lipinski definition) is 3. The van der Waals surface area contributed by atoms with E-state index in [0.717, 1.165) is 31.4 Å². The molecule has 1 aliphatic heterocycles. The molecule has 2 heterocycles. The minimum absolute atomic E-state index is 0.0278. The molecule has 1 aromatic heterocycles. The Morgan fingerprint density at radius 2 is 2.00 bits per heavy atom. The molecular formula is C17H26N4O2. The van der Waals surface area contributed by atoms with Crippen molar-refractivity contribution in [3.63, 3.8) is 0 Å². The van der Waals surface area contributed by atoms with Crippen molar-refractivity contribution in [3.8, 4) is 0 Å². The van der Waals surface area contributed by atoms with Crippen LogP contribution in [0.25, 0.3) is 0 Å². The number of hydrogen-bond donors (Lipinski definition) is 1. The predicted octanol–water partition coefficient (Wildman–Crippen LogP) is 1.12. The molecule has 6 heteroatoms. The molecule has 1 fully saturated rings. The molecular weight excluding hydrogens is 292 g/mol.